The zero-order valence-corrected chi connectivity index (χ0v) is 13.1. The summed E-state index contributed by atoms with van der Waals surface area (Å²) in [5, 5.41) is 16.9. The zero-order valence-electron chi connectivity index (χ0n) is 12.3. The van der Waals surface area contributed by atoms with Crippen molar-refractivity contribution in [2.24, 2.45) is 0 Å². The fraction of sp³-hybridized carbons (Fsp3) is 0.200. The van der Waals surface area contributed by atoms with Gasteiger partial charge in [0.2, 0.25) is 0 Å². The third-order valence-corrected chi connectivity index (χ3v) is 3.73. The molecule has 0 bridgehead atoms. The summed E-state index contributed by atoms with van der Waals surface area (Å²) in [6.45, 7) is 1.27. The van der Waals surface area contributed by atoms with Crippen molar-refractivity contribution in [3.63, 3.8) is 0 Å². The van der Waals surface area contributed by atoms with Gasteiger partial charge in [0.15, 0.2) is 6.61 Å². The van der Waals surface area contributed by atoms with Crippen LogP contribution in [0.1, 0.15) is 11.1 Å². The van der Waals surface area contributed by atoms with E-state index in [-0.39, 0.29) is 12.1 Å². The number of carbonyl (C=O) groups excluding carboxylic acids is 2. The molecule has 0 spiro atoms. The largest absolute Gasteiger partial charge is 0.455 e. The molecule has 0 aliphatic heterocycles. The Hall–Kier alpha value is -2.74. The van der Waals surface area contributed by atoms with Gasteiger partial charge in [-0.05, 0) is 34.9 Å². The molecular formula is C15H14N2O5S. The van der Waals surface area contributed by atoms with Crippen molar-refractivity contribution < 1.29 is 19.2 Å². The van der Waals surface area contributed by atoms with Crippen LogP contribution in [0.3, 0.4) is 0 Å². The van der Waals surface area contributed by atoms with E-state index >= 15 is 0 Å². The summed E-state index contributed by atoms with van der Waals surface area (Å²) in [7, 11) is 0. The molecule has 0 unspecified atom stereocenters. The predicted octanol–water partition coefficient (Wildman–Crippen LogP) is 2.69. The molecule has 1 heterocycles. The molecule has 0 saturated carbocycles. The smallest absolute Gasteiger partial charge is 0.310 e. The molecule has 8 heteroatoms. The number of ether oxygens (including phenoxy) is 1. The highest BCUT2D eigenvalue weighted by atomic mass is 32.1. The second kappa shape index (κ2) is 7.50. The van der Waals surface area contributed by atoms with Crippen molar-refractivity contribution in [2.75, 3.05) is 11.9 Å². The Labute approximate surface area is 136 Å². The average molecular weight is 334 g/mol. The van der Waals surface area contributed by atoms with Gasteiger partial charge in [-0.15, -0.1) is 0 Å². The van der Waals surface area contributed by atoms with Crippen molar-refractivity contribution in [1.29, 1.82) is 0 Å². The molecule has 7 nitrogen and oxygen atoms in total. The van der Waals surface area contributed by atoms with Crippen LogP contribution in [0, 0.1) is 17.0 Å². The fourth-order valence-corrected chi connectivity index (χ4v) is 2.47. The lowest BCUT2D eigenvalue weighted by atomic mass is 10.2. The van der Waals surface area contributed by atoms with Gasteiger partial charge in [-0.2, -0.15) is 11.3 Å². The Morgan fingerprint density at radius 3 is 2.78 bits per heavy atom. The molecule has 0 aliphatic carbocycles. The number of nitrogens with zero attached hydrogens (tertiary/aromatic N) is 1. The monoisotopic (exact) mass is 334 g/mol. The Balaban J connectivity index is 1.88. The molecule has 0 aliphatic rings. The summed E-state index contributed by atoms with van der Waals surface area (Å²) in [5.74, 6) is -1.05. The lowest BCUT2D eigenvalue weighted by molar-refractivity contribution is -0.384. The van der Waals surface area contributed by atoms with Gasteiger partial charge in [-0.3, -0.25) is 19.7 Å². The van der Waals surface area contributed by atoms with Crippen molar-refractivity contribution >= 4 is 34.6 Å². The Bertz CT molecular complexity index is 727. The molecule has 2 rings (SSSR count). The molecular weight excluding hydrogens is 320 g/mol. The van der Waals surface area contributed by atoms with Crippen molar-refractivity contribution in [1.82, 2.24) is 0 Å². The number of benzene rings is 1. The van der Waals surface area contributed by atoms with E-state index in [1.165, 1.54) is 29.5 Å². The summed E-state index contributed by atoms with van der Waals surface area (Å²) in [4.78, 5) is 33.6. The van der Waals surface area contributed by atoms with E-state index in [1.54, 1.807) is 13.0 Å². The summed E-state index contributed by atoms with van der Waals surface area (Å²) in [5.41, 5.74) is 1.70. The number of nitro benzene ring substituents is 1. The molecule has 0 saturated heterocycles. The third kappa shape index (κ3) is 4.89. The van der Waals surface area contributed by atoms with Gasteiger partial charge in [-0.25, -0.2) is 0 Å². The SMILES string of the molecule is Cc1ccc([N+](=O)[O-])cc1NC(=O)COC(=O)Cc1ccsc1. The first-order valence-electron chi connectivity index (χ1n) is 6.67. The van der Waals surface area contributed by atoms with Gasteiger partial charge in [0.25, 0.3) is 11.6 Å². The molecule has 1 amide bonds. The van der Waals surface area contributed by atoms with Gasteiger partial charge in [0.05, 0.1) is 17.0 Å². The number of thiophene rings is 1. The molecule has 2 aromatic rings. The Kier molecular flexibility index (Phi) is 5.42. The standard InChI is InChI=1S/C15H14N2O5S/c1-10-2-3-12(17(20)21)7-13(10)16-14(18)8-22-15(19)6-11-4-5-23-9-11/h2-5,7,9H,6,8H2,1H3,(H,16,18). The lowest BCUT2D eigenvalue weighted by Gasteiger charge is -2.08. The van der Waals surface area contributed by atoms with Crippen LogP contribution in [0.15, 0.2) is 35.0 Å². The third-order valence-electron chi connectivity index (χ3n) is 3.00. The van der Waals surface area contributed by atoms with Crippen LogP contribution in [0.25, 0.3) is 0 Å². The number of aryl methyl sites for hydroxylation is 1. The van der Waals surface area contributed by atoms with Gasteiger partial charge < -0.3 is 10.1 Å². The van der Waals surface area contributed by atoms with Crippen LogP contribution < -0.4 is 5.32 Å². The molecule has 0 fully saturated rings. The lowest BCUT2D eigenvalue weighted by Crippen LogP contribution is -2.22. The summed E-state index contributed by atoms with van der Waals surface area (Å²) in [6.07, 6.45) is 0.104. The number of non-ortho nitro benzene ring substituents is 1. The number of rotatable bonds is 6. The molecule has 1 aromatic carbocycles. The maximum atomic E-state index is 11.8. The Morgan fingerprint density at radius 1 is 1.35 bits per heavy atom. The van der Waals surface area contributed by atoms with Crippen molar-refractivity contribution in [3.05, 3.63) is 56.3 Å². The highest BCUT2D eigenvalue weighted by Gasteiger charge is 2.13. The number of nitrogens with one attached hydrogen (secondary N) is 1. The van der Waals surface area contributed by atoms with E-state index in [1.807, 2.05) is 10.8 Å². The van der Waals surface area contributed by atoms with Gasteiger partial charge >= 0.3 is 5.97 Å². The first-order valence-corrected chi connectivity index (χ1v) is 7.61. The van der Waals surface area contributed by atoms with Crippen LogP contribution in [0.2, 0.25) is 0 Å². The average Bonchev–Trinajstić information content (AvgIpc) is 3.00. The Morgan fingerprint density at radius 2 is 2.13 bits per heavy atom. The van der Waals surface area contributed by atoms with Crippen LogP contribution in [-0.2, 0) is 20.7 Å². The van der Waals surface area contributed by atoms with Gasteiger partial charge in [0, 0.05) is 12.1 Å². The topological polar surface area (TPSA) is 98.5 Å². The van der Waals surface area contributed by atoms with Crippen LogP contribution in [0.4, 0.5) is 11.4 Å². The van der Waals surface area contributed by atoms with E-state index in [2.05, 4.69) is 5.32 Å². The second-order valence-corrected chi connectivity index (χ2v) is 5.55. The maximum Gasteiger partial charge on any atom is 0.310 e. The van der Waals surface area contributed by atoms with E-state index < -0.39 is 23.4 Å². The van der Waals surface area contributed by atoms with E-state index in [4.69, 9.17) is 4.74 Å². The van der Waals surface area contributed by atoms with Crippen molar-refractivity contribution in [2.45, 2.75) is 13.3 Å². The first-order chi connectivity index (χ1) is 11.0. The van der Waals surface area contributed by atoms with Crippen molar-refractivity contribution in [3.8, 4) is 0 Å². The van der Waals surface area contributed by atoms with E-state index in [9.17, 15) is 19.7 Å². The molecule has 1 N–H and O–H groups in total. The summed E-state index contributed by atoms with van der Waals surface area (Å²) >= 11 is 1.47. The minimum Gasteiger partial charge on any atom is -0.455 e. The zero-order chi connectivity index (χ0) is 16.8. The molecule has 0 atom stereocenters. The van der Waals surface area contributed by atoms with Crippen LogP contribution in [-0.4, -0.2) is 23.4 Å². The first kappa shape index (κ1) is 16.6. The number of nitro groups is 1. The minimum atomic E-state index is -0.549. The number of amides is 1. The van der Waals surface area contributed by atoms with Crippen LogP contribution in [0.5, 0.6) is 0 Å². The number of esters is 1. The summed E-state index contributed by atoms with van der Waals surface area (Å²) < 4.78 is 4.89. The normalized spacial score (nSPS) is 10.1. The van der Waals surface area contributed by atoms with E-state index in [0.717, 1.165) is 5.56 Å². The van der Waals surface area contributed by atoms with Gasteiger partial charge in [-0.1, -0.05) is 6.07 Å². The molecule has 1 aromatic heterocycles. The number of carbonyl (C=O) groups is 2. The highest BCUT2D eigenvalue weighted by molar-refractivity contribution is 7.07. The predicted molar refractivity (Wildman–Crippen MR) is 85.4 cm³/mol. The second-order valence-electron chi connectivity index (χ2n) is 4.77. The molecule has 0 radical (unpaired) electrons. The van der Waals surface area contributed by atoms with E-state index in [0.29, 0.717) is 11.3 Å². The quantitative estimate of drug-likeness (QED) is 0.497. The number of anilines is 1. The number of hydrogen-bond acceptors (Lipinski definition) is 6. The van der Waals surface area contributed by atoms with Crippen LogP contribution >= 0.6 is 11.3 Å². The minimum absolute atomic E-state index is 0.104. The fourth-order valence-electron chi connectivity index (χ4n) is 1.80. The highest BCUT2D eigenvalue weighted by Crippen LogP contribution is 2.21. The summed E-state index contributed by atoms with van der Waals surface area (Å²) in [6, 6.07) is 5.96. The van der Waals surface area contributed by atoms with Gasteiger partial charge in [0.1, 0.15) is 0 Å². The number of hydrogen-bond donors (Lipinski definition) is 1. The molecule has 23 heavy (non-hydrogen) atoms. The molecule has 120 valence electrons. The maximum absolute atomic E-state index is 11.8.